The molecule has 2 heterocycles. The van der Waals surface area contributed by atoms with E-state index >= 15 is 0 Å². The Morgan fingerprint density at radius 3 is 2.93 bits per heavy atom. The summed E-state index contributed by atoms with van der Waals surface area (Å²) in [6, 6.07) is 1.60. The molecular formula is C11H12FN3. The Morgan fingerprint density at radius 1 is 1.47 bits per heavy atom. The fraction of sp³-hybridized carbons (Fsp3) is 0.364. The summed E-state index contributed by atoms with van der Waals surface area (Å²) in [4.78, 5) is 4.11. The van der Waals surface area contributed by atoms with Gasteiger partial charge >= 0.3 is 0 Å². The Morgan fingerprint density at radius 2 is 2.27 bits per heavy atom. The number of hydrogen-bond acceptors (Lipinski definition) is 2. The maximum atomic E-state index is 13.7. The van der Waals surface area contributed by atoms with Gasteiger partial charge in [0.2, 0.25) is 0 Å². The van der Waals surface area contributed by atoms with E-state index in [0.29, 0.717) is 18.1 Å². The van der Waals surface area contributed by atoms with Gasteiger partial charge in [0.25, 0.3) is 0 Å². The molecule has 2 aromatic heterocycles. The fourth-order valence-corrected chi connectivity index (χ4v) is 1.87. The van der Waals surface area contributed by atoms with Gasteiger partial charge in [-0.2, -0.15) is 0 Å². The van der Waals surface area contributed by atoms with Gasteiger partial charge < -0.3 is 10.1 Å². The first-order valence-corrected chi connectivity index (χ1v) is 5.15. The van der Waals surface area contributed by atoms with Gasteiger partial charge in [-0.1, -0.05) is 0 Å². The largest absolute Gasteiger partial charge is 0.325 e. The van der Waals surface area contributed by atoms with Gasteiger partial charge in [-0.25, -0.2) is 9.37 Å². The van der Waals surface area contributed by atoms with Crippen LogP contribution in [0.15, 0.2) is 18.5 Å². The summed E-state index contributed by atoms with van der Waals surface area (Å²) in [5.41, 5.74) is 7.64. The quantitative estimate of drug-likeness (QED) is 0.812. The maximum absolute atomic E-state index is 13.7. The highest BCUT2D eigenvalue weighted by Gasteiger charge is 2.25. The van der Waals surface area contributed by atoms with Crippen LogP contribution in [0.5, 0.6) is 0 Å². The molecule has 0 amide bonds. The van der Waals surface area contributed by atoms with E-state index in [1.807, 2.05) is 6.20 Å². The minimum atomic E-state index is -0.251. The van der Waals surface area contributed by atoms with Crippen LogP contribution in [0.3, 0.4) is 0 Å². The van der Waals surface area contributed by atoms with Crippen molar-refractivity contribution in [2.75, 3.05) is 0 Å². The van der Waals surface area contributed by atoms with Crippen LogP contribution in [0.4, 0.5) is 4.39 Å². The van der Waals surface area contributed by atoms with Crippen LogP contribution in [-0.4, -0.2) is 9.38 Å². The van der Waals surface area contributed by atoms with E-state index in [2.05, 4.69) is 4.98 Å². The Kier molecular flexibility index (Phi) is 1.79. The summed E-state index contributed by atoms with van der Waals surface area (Å²) in [5.74, 6) is 0.298. The van der Waals surface area contributed by atoms with Crippen molar-refractivity contribution in [1.29, 1.82) is 0 Å². The molecule has 0 spiro atoms. The number of aromatic nitrogens is 2. The standard InChI is InChI=1S/C11H12FN3/c12-10-3-8(7-1-2-7)5-15-6-9(4-13)14-11(10)15/h3,5-7H,1-2,4,13H2. The lowest BCUT2D eigenvalue weighted by molar-refractivity contribution is 0.627. The van der Waals surface area contributed by atoms with Crippen LogP contribution < -0.4 is 5.73 Å². The first-order chi connectivity index (χ1) is 7.28. The van der Waals surface area contributed by atoms with E-state index in [1.54, 1.807) is 16.7 Å². The summed E-state index contributed by atoms with van der Waals surface area (Å²) in [7, 11) is 0. The third kappa shape index (κ3) is 1.41. The number of fused-ring (bicyclic) bond motifs is 1. The molecule has 2 aromatic rings. The van der Waals surface area contributed by atoms with Crippen LogP contribution in [0.1, 0.15) is 30.0 Å². The topological polar surface area (TPSA) is 43.3 Å². The average Bonchev–Trinajstić information content (AvgIpc) is 2.98. The highest BCUT2D eigenvalue weighted by molar-refractivity contribution is 5.44. The SMILES string of the molecule is NCc1cn2cc(C3CC3)cc(F)c2n1. The van der Waals surface area contributed by atoms with Crippen molar-refractivity contribution in [1.82, 2.24) is 9.38 Å². The molecule has 2 N–H and O–H groups in total. The highest BCUT2D eigenvalue weighted by Crippen LogP contribution is 2.40. The molecule has 1 fully saturated rings. The van der Waals surface area contributed by atoms with Crippen LogP contribution in [0, 0.1) is 5.82 Å². The zero-order chi connectivity index (χ0) is 10.4. The van der Waals surface area contributed by atoms with Crippen molar-refractivity contribution in [3.05, 3.63) is 35.5 Å². The molecule has 1 saturated carbocycles. The van der Waals surface area contributed by atoms with Gasteiger partial charge in [-0.3, -0.25) is 0 Å². The molecule has 4 heteroatoms. The molecule has 3 rings (SSSR count). The third-order valence-corrected chi connectivity index (χ3v) is 2.84. The van der Waals surface area contributed by atoms with Crippen molar-refractivity contribution in [3.63, 3.8) is 0 Å². The predicted molar refractivity (Wildman–Crippen MR) is 55.0 cm³/mol. The first kappa shape index (κ1) is 8.85. The molecule has 1 aliphatic rings. The molecule has 0 aromatic carbocycles. The molecule has 3 nitrogen and oxygen atoms in total. The van der Waals surface area contributed by atoms with Gasteiger partial charge in [-0.15, -0.1) is 0 Å². The minimum absolute atomic E-state index is 0.251. The van der Waals surface area contributed by atoms with Gasteiger partial charge in [0, 0.05) is 18.9 Å². The van der Waals surface area contributed by atoms with E-state index in [4.69, 9.17) is 5.73 Å². The fourth-order valence-electron chi connectivity index (χ4n) is 1.87. The second-order valence-corrected chi connectivity index (χ2v) is 4.06. The third-order valence-electron chi connectivity index (χ3n) is 2.84. The Bertz CT molecular complexity index is 514. The lowest BCUT2D eigenvalue weighted by Gasteiger charge is -2.00. The highest BCUT2D eigenvalue weighted by atomic mass is 19.1. The molecule has 0 radical (unpaired) electrons. The smallest absolute Gasteiger partial charge is 0.173 e. The van der Waals surface area contributed by atoms with E-state index in [1.165, 1.54) is 12.8 Å². The number of rotatable bonds is 2. The lowest BCUT2D eigenvalue weighted by Crippen LogP contribution is -1.95. The average molecular weight is 205 g/mol. The van der Waals surface area contributed by atoms with Crippen LogP contribution in [0.2, 0.25) is 0 Å². The normalized spacial score (nSPS) is 16.1. The predicted octanol–water partition coefficient (Wildman–Crippen LogP) is 1.81. The van der Waals surface area contributed by atoms with Crippen molar-refractivity contribution >= 4 is 5.65 Å². The molecule has 78 valence electrons. The van der Waals surface area contributed by atoms with Gasteiger partial charge in [-0.05, 0) is 30.4 Å². The summed E-state index contributed by atoms with van der Waals surface area (Å²) < 4.78 is 15.4. The van der Waals surface area contributed by atoms with Crippen LogP contribution in [0.25, 0.3) is 5.65 Å². The van der Waals surface area contributed by atoms with Gasteiger partial charge in [0.05, 0.1) is 5.69 Å². The first-order valence-electron chi connectivity index (χ1n) is 5.15. The van der Waals surface area contributed by atoms with E-state index in [9.17, 15) is 4.39 Å². The Balaban J connectivity index is 2.20. The number of pyridine rings is 1. The van der Waals surface area contributed by atoms with E-state index in [0.717, 1.165) is 11.3 Å². The summed E-state index contributed by atoms with van der Waals surface area (Å²) >= 11 is 0. The Hall–Kier alpha value is -1.42. The van der Waals surface area contributed by atoms with Crippen molar-refractivity contribution in [3.8, 4) is 0 Å². The second kappa shape index (κ2) is 3.03. The zero-order valence-electron chi connectivity index (χ0n) is 8.28. The number of nitrogens with two attached hydrogens (primary N) is 1. The number of nitrogens with zero attached hydrogens (tertiary/aromatic N) is 2. The van der Waals surface area contributed by atoms with Gasteiger partial charge in [0.1, 0.15) is 0 Å². The molecular weight excluding hydrogens is 193 g/mol. The molecule has 0 aliphatic heterocycles. The van der Waals surface area contributed by atoms with Gasteiger partial charge in [0.15, 0.2) is 11.5 Å². The number of hydrogen-bond donors (Lipinski definition) is 1. The maximum Gasteiger partial charge on any atom is 0.173 e. The molecule has 1 aliphatic carbocycles. The summed E-state index contributed by atoms with van der Waals surface area (Å²) in [6.07, 6.45) is 6.10. The number of imidazole rings is 1. The van der Waals surface area contributed by atoms with Crippen LogP contribution >= 0.6 is 0 Å². The summed E-state index contributed by atoms with van der Waals surface area (Å²) in [6.45, 7) is 0.347. The molecule has 0 bridgehead atoms. The van der Waals surface area contributed by atoms with E-state index < -0.39 is 0 Å². The van der Waals surface area contributed by atoms with Crippen molar-refractivity contribution < 1.29 is 4.39 Å². The number of halogens is 1. The Labute approximate surface area is 86.7 Å². The zero-order valence-corrected chi connectivity index (χ0v) is 8.28. The molecule has 0 saturated heterocycles. The minimum Gasteiger partial charge on any atom is -0.325 e. The molecule has 15 heavy (non-hydrogen) atoms. The van der Waals surface area contributed by atoms with Crippen molar-refractivity contribution in [2.45, 2.75) is 25.3 Å². The molecule has 0 atom stereocenters. The van der Waals surface area contributed by atoms with Crippen LogP contribution in [-0.2, 0) is 6.54 Å². The molecule has 0 unspecified atom stereocenters. The van der Waals surface area contributed by atoms with E-state index in [-0.39, 0.29) is 5.82 Å². The second-order valence-electron chi connectivity index (χ2n) is 4.06. The monoisotopic (exact) mass is 205 g/mol. The van der Waals surface area contributed by atoms with Crippen molar-refractivity contribution in [2.24, 2.45) is 5.73 Å². The lowest BCUT2D eigenvalue weighted by atomic mass is 10.2. The summed E-state index contributed by atoms with van der Waals surface area (Å²) in [5, 5.41) is 0.